The van der Waals surface area contributed by atoms with Crippen LogP contribution in [0.1, 0.15) is 11.1 Å². The molecule has 0 aliphatic heterocycles. The van der Waals surface area contributed by atoms with Crippen molar-refractivity contribution in [2.24, 2.45) is 0 Å². The number of rotatable bonds is 6. The quantitative estimate of drug-likeness (QED) is 0.287. The summed E-state index contributed by atoms with van der Waals surface area (Å²) >= 11 is 8.06. The summed E-state index contributed by atoms with van der Waals surface area (Å²) < 4.78 is 1.09. The van der Waals surface area contributed by atoms with Gasteiger partial charge in [0.1, 0.15) is 11.6 Å². The molecule has 0 saturated heterocycles. The highest BCUT2D eigenvalue weighted by molar-refractivity contribution is 14.1. The van der Waals surface area contributed by atoms with E-state index in [4.69, 9.17) is 11.6 Å². The zero-order valence-electron chi connectivity index (χ0n) is 13.6. The van der Waals surface area contributed by atoms with E-state index >= 15 is 0 Å². The third kappa shape index (κ3) is 6.07. The molecule has 4 nitrogen and oxygen atoms in total. The third-order valence-corrected chi connectivity index (χ3v) is 4.44. The Morgan fingerprint density at radius 1 is 1.28 bits per heavy atom. The molecule has 0 fully saturated rings. The van der Waals surface area contributed by atoms with Crippen LogP contribution >= 0.6 is 34.2 Å². The van der Waals surface area contributed by atoms with E-state index < -0.39 is 5.91 Å². The number of anilines is 1. The topological polar surface area (TPSA) is 64.9 Å². The fourth-order valence-electron chi connectivity index (χ4n) is 2.15. The molecular formula is C19H17ClIN3O. The fourth-order valence-corrected chi connectivity index (χ4v) is 2.92. The lowest BCUT2D eigenvalue weighted by atomic mass is 10.1. The van der Waals surface area contributed by atoms with Crippen molar-refractivity contribution in [3.63, 3.8) is 0 Å². The van der Waals surface area contributed by atoms with Crippen molar-refractivity contribution in [3.8, 4) is 6.07 Å². The van der Waals surface area contributed by atoms with Crippen LogP contribution in [-0.4, -0.2) is 12.5 Å². The molecule has 0 aromatic heterocycles. The van der Waals surface area contributed by atoms with E-state index in [1.54, 1.807) is 0 Å². The van der Waals surface area contributed by atoms with Gasteiger partial charge in [-0.15, -0.1) is 0 Å². The van der Waals surface area contributed by atoms with Gasteiger partial charge >= 0.3 is 0 Å². The van der Waals surface area contributed by atoms with Crippen LogP contribution in [0.25, 0.3) is 0 Å². The summed E-state index contributed by atoms with van der Waals surface area (Å²) in [6.45, 7) is 2.53. The lowest BCUT2D eigenvalue weighted by Crippen LogP contribution is -2.18. The summed E-state index contributed by atoms with van der Waals surface area (Å²) in [5.41, 5.74) is 2.82. The highest BCUT2D eigenvalue weighted by atomic mass is 127. The smallest absolute Gasteiger partial charge is 0.267 e. The van der Waals surface area contributed by atoms with Crippen LogP contribution < -0.4 is 10.6 Å². The van der Waals surface area contributed by atoms with Crippen molar-refractivity contribution in [3.05, 3.63) is 74.0 Å². The van der Waals surface area contributed by atoms with Gasteiger partial charge in [0.05, 0.1) is 0 Å². The van der Waals surface area contributed by atoms with Gasteiger partial charge in [0.2, 0.25) is 0 Å². The van der Waals surface area contributed by atoms with Crippen LogP contribution in [-0.2, 0) is 11.2 Å². The molecule has 0 atom stereocenters. The highest BCUT2D eigenvalue weighted by Gasteiger charge is 2.10. The van der Waals surface area contributed by atoms with Gasteiger partial charge in [-0.3, -0.25) is 4.79 Å². The molecule has 6 heteroatoms. The fraction of sp³-hybridized carbons (Fsp3) is 0.158. The number of carbonyl (C=O) groups excluding carboxylic acids is 1. The first-order valence-corrected chi connectivity index (χ1v) is 9.11. The highest BCUT2D eigenvalue weighted by Crippen LogP contribution is 2.18. The Hall–Kier alpha value is -2.04. The van der Waals surface area contributed by atoms with E-state index in [0.717, 1.165) is 21.1 Å². The first kappa shape index (κ1) is 19.3. The van der Waals surface area contributed by atoms with Crippen LogP contribution in [0.5, 0.6) is 0 Å². The molecule has 0 saturated carbocycles. The number of halogens is 2. The van der Waals surface area contributed by atoms with Crippen LogP contribution in [0.4, 0.5) is 5.69 Å². The predicted molar refractivity (Wildman–Crippen MR) is 109 cm³/mol. The van der Waals surface area contributed by atoms with Crippen LogP contribution in [0.15, 0.2) is 54.2 Å². The minimum Gasteiger partial charge on any atom is -0.389 e. The van der Waals surface area contributed by atoms with Gasteiger partial charge in [-0.1, -0.05) is 23.7 Å². The zero-order chi connectivity index (χ0) is 18.2. The predicted octanol–water partition coefficient (Wildman–Crippen LogP) is 4.43. The minimum absolute atomic E-state index is 0.0362. The molecule has 2 aromatic rings. The molecule has 25 heavy (non-hydrogen) atoms. The number of benzene rings is 2. The maximum atomic E-state index is 12.2. The van der Waals surface area contributed by atoms with E-state index in [2.05, 4.69) is 33.2 Å². The molecule has 128 valence electrons. The van der Waals surface area contributed by atoms with Crippen molar-refractivity contribution in [2.45, 2.75) is 13.3 Å². The van der Waals surface area contributed by atoms with Gasteiger partial charge in [0.15, 0.2) is 0 Å². The second-order valence-corrected chi connectivity index (χ2v) is 7.10. The van der Waals surface area contributed by atoms with Gasteiger partial charge < -0.3 is 10.6 Å². The number of hydrogen-bond acceptors (Lipinski definition) is 3. The maximum Gasteiger partial charge on any atom is 0.267 e. The summed E-state index contributed by atoms with van der Waals surface area (Å²) in [6, 6.07) is 15.2. The van der Waals surface area contributed by atoms with Crippen molar-refractivity contribution in [2.75, 3.05) is 11.9 Å². The van der Waals surface area contributed by atoms with Crippen LogP contribution in [0, 0.1) is 21.8 Å². The largest absolute Gasteiger partial charge is 0.389 e. The number of carbonyl (C=O) groups is 1. The molecule has 2 rings (SSSR count). The van der Waals surface area contributed by atoms with Gasteiger partial charge in [0.25, 0.3) is 5.91 Å². The molecule has 2 aromatic carbocycles. The molecule has 2 N–H and O–H groups in total. The third-order valence-electron chi connectivity index (χ3n) is 3.52. The summed E-state index contributed by atoms with van der Waals surface area (Å²) in [7, 11) is 0. The van der Waals surface area contributed by atoms with Crippen LogP contribution in [0.2, 0.25) is 5.02 Å². The molecule has 0 heterocycles. The average molecular weight is 466 g/mol. The van der Waals surface area contributed by atoms with E-state index in [9.17, 15) is 10.1 Å². The summed E-state index contributed by atoms with van der Waals surface area (Å²) in [5.74, 6) is -0.425. The summed E-state index contributed by atoms with van der Waals surface area (Å²) in [5, 5.41) is 15.7. The van der Waals surface area contributed by atoms with E-state index in [0.29, 0.717) is 17.3 Å². The number of amides is 1. The number of nitrogens with one attached hydrogen (secondary N) is 2. The molecular weight excluding hydrogens is 449 g/mol. The monoisotopic (exact) mass is 465 g/mol. The van der Waals surface area contributed by atoms with Crippen molar-refractivity contribution >= 4 is 45.8 Å². The van der Waals surface area contributed by atoms with Gasteiger partial charge in [0, 0.05) is 27.0 Å². The summed E-state index contributed by atoms with van der Waals surface area (Å²) in [4.78, 5) is 12.2. The lowest BCUT2D eigenvalue weighted by Gasteiger charge is -2.08. The normalized spacial score (nSPS) is 10.9. The van der Waals surface area contributed by atoms with Crippen molar-refractivity contribution in [1.29, 1.82) is 5.26 Å². The van der Waals surface area contributed by atoms with E-state index in [1.165, 1.54) is 6.20 Å². The number of nitriles is 1. The van der Waals surface area contributed by atoms with Crippen LogP contribution in [0.3, 0.4) is 0 Å². The Morgan fingerprint density at radius 2 is 2.00 bits per heavy atom. The molecule has 0 bridgehead atoms. The molecule has 0 spiro atoms. The molecule has 1 amide bonds. The average Bonchev–Trinajstić information content (AvgIpc) is 2.59. The molecule has 0 radical (unpaired) electrons. The van der Waals surface area contributed by atoms with E-state index in [1.807, 2.05) is 55.5 Å². The SMILES string of the molecule is Cc1cc(I)ccc1NC(=O)/C(C#N)=C\NCCc1ccc(Cl)cc1. The Kier molecular flexibility index (Phi) is 7.29. The van der Waals surface area contributed by atoms with Gasteiger partial charge in [-0.25, -0.2) is 0 Å². The standard InChI is InChI=1S/C19H17ClIN3O/c1-13-10-17(21)6-7-18(13)24-19(25)15(11-22)12-23-9-8-14-2-4-16(20)5-3-14/h2-7,10,12,23H,8-9H2,1H3,(H,24,25)/b15-12-. The zero-order valence-corrected chi connectivity index (χ0v) is 16.6. The van der Waals surface area contributed by atoms with Gasteiger partial charge in [-0.2, -0.15) is 5.26 Å². The number of hydrogen-bond donors (Lipinski definition) is 2. The Bertz CT molecular complexity index is 826. The number of aryl methyl sites for hydroxylation is 1. The van der Waals surface area contributed by atoms with Crippen molar-refractivity contribution in [1.82, 2.24) is 5.32 Å². The van der Waals surface area contributed by atoms with E-state index in [-0.39, 0.29) is 5.57 Å². The van der Waals surface area contributed by atoms with Crippen molar-refractivity contribution < 1.29 is 4.79 Å². The molecule has 0 unspecified atom stereocenters. The lowest BCUT2D eigenvalue weighted by molar-refractivity contribution is -0.112. The maximum absolute atomic E-state index is 12.2. The minimum atomic E-state index is -0.425. The Morgan fingerprint density at radius 3 is 2.64 bits per heavy atom. The molecule has 0 aliphatic rings. The Labute approximate surface area is 166 Å². The van der Waals surface area contributed by atoms with Gasteiger partial charge in [-0.05, 0) is 77.4 Å². The second-order valence-electron chi connectivity index (χ2n) is 5.41. The molecule has 0 aliphatic carbocycles. The second kappa shape index (κ2) is 9.44. The number of nitrogens with zero attached hydrogens (tertiary/aromatic N) is 1. The Balaban J connectivity index is 1.91. The first-order chi connectivity index (χ1) is 12.0. The summed E-state index contributed by atoms with van der Waals surface area (Å²) in [6.07, 6.45) is 2.22. The first-order valence-electron chi connectivity index (χ1n) is 7.65.